The number of rotatable bonds is 8. The van der Waals surface area contributed by atoms with Crippen molar-refractivity contribution in [3.8, 4) is 39.7 Å². The van der Waals surface area contributed by atoms with Crippen molar-refractivity contribution >= 4 is 17.0 Å². The van der Waals surface area contributed by atoms with E-state index in [1.807, 2.05) is 75.2 Å². The summed E-state index contributed by atoms with van der Waals surface area (Å²) < 4.78 is 19.1. The molecule has 10 nitrogen and oxygen atoms in total. The fourth-order valence-corrected chi connectivity index (χ4v) is 5.83. The normalized spacial score (nSPS) is 15.2. The number of hydrogen-bond acceptors (Lipinski definition) is 7. The van der Waals surface area contributed by atoms with Crippen LogP contribution in [0, 0.1) is 6.92 Å². The number of carbonyl (C=O) groups excluding carboxylic acids is 1. The van der Waals surface area contributed by atoms with Crippen LogP contribution in [0.25, 0.3) is 44.8 Å². The van der Waals surface area contributed by atoms with E-state index in [1.165, 1.54) is 0 Å². The smallest absolute Gasteiger partial charge is 0.410 e. The monoisotopic (exact) mass is 622 g/mol. The summed E-state index contributed by atoms with van der Waals surface area (Å²) in [5.41, 5.74) is 7.00. The molecule has 1 unspecified atom stereocenters. The molecule has 1 aliphatic rings. The van der Waals surface area contributed by atoms with Gasteiger partial charge in [-0.3, -0.25) is 4.98 Å². The molecule has 1 saturated heterocycles. The average Bonchev–Trinajstić information content (AvgIpc) is 3.69. The highest BCUT2D eigenvalue weighted by atomic mass is 16.6. The fraction of sp³-hybridized carbons (Fsp3) is 0.389. The van der Waals surface area contributed by atoms with E-state index >= 15 is 0 Å². The lowest BCUT2D eigenvalue weighted by Crippen LogP contribution is -2.36. The lowest BCUT2D eigenvalue weighted by atomic mass is 9.97. The van der Waals surface area contributed by atoms with Gasteiger partial charge in [0, 0.05) is 48.3 Å². The van der Waals surface area contributed by atoms with Crippen LogP contribution < -0.4 is 4.74 Å². The third-order valence-electron chi connectivity index (χ3n) is 8.35. The van der Waals surface area contributed by atoms with Crippen molar-refractivity contribution in [1.29, 1.82) is 0 Å². The van der Waals surface area contributed by atoms with Gasteiger partial charge in [-0.2, -0.15) is 5.10 Å². The number of fused-ring (bicyclic) bond motifs is 1. The van der Waals surface area contributed by atoms with Crippen molar-refractivity contribution in [2.45, 2.75) is 72.3 Å². The summed E-state index contributed by atoms with van der Waals surface area (Å²) in [5, 5.41) is 6.06. The predicted molar refractivity (Wildman–Crippen MR) is 178 cm³/mol. The van der Waals surface area contributed by atoms with Gasteiger partial charge in [-0.1, -0.05) is 6.07 Å². The summed E-state index contributed by atoms with van der Waals surface area (Å²) in [6, 6.07) is 14.2. The highest BCUT2D eigenvalue weighted by Crippen LogP contribution is 2.36. The lowest BCUT2D eigenvalue weighted by molar-refractivity contribution is -0.0365. The molecule has 1 fully saturated rings. The van der Waals surface area contributed by atoms with Crippen LogP contribution >= 0.6 is 0 Å². The van der Waals surface area contributed by atoms with Gasteiger partial charge in [-0.15, -0.1) is 0 Å². The fourth-order valence-electron chi connectivity index (χ4n) is 5.83. The molecule has 0 saturated carbocycles. The summed E-state index contributed by atoms with van der Waals surface area (Å²) in [6.45, 7) is 11.3. The first kappa shape index (κ1) is 31.3. The van der Waals surface area contributed by atoms with Gasteiger partial charge in [0.1, 0.15) is 17.0 Å². The van der Waals surface area contributed by atoms with Crippen LogP contribution in [0.2, 0.25) is 0 Å². The van der Waals surface area contributed by atoms with Crippen LogP contribution in [0.4, 0.5) is 4.79 Å². The Morgan fingerprint density at radius 1 is 1.11 bits per heavy atom. The molecular weight excluding hydrogens is 580 g/mol. The Labute approximate surface area is 269 Å². The van der Waals surface area contributed by atoms with Crippen molar-refractivity contribution in [3.05, 3.63) is 72.2 Å². The third-order valence-corrected chi connectivity index (χ3v) is 8.35. The second kappa shape index (κ2) is 13.0. The van der Waals surface area contributed by atoms with E-state index < -0.39 is 5.60 Å². The number of methoxy groups -OCH3 is 1. The molecule has 0 spiro atoms. The minimum atomic E-state index is -0.566. The number of nitrogens with one attached hydrogen (secondary N) is 1. The highest BCUT2D eigenvalue weighted by Gasteiger charge is 2.25. The number of imidazole rings is 1. The van der Waals surface area contributed by atoms with Crippen LogP contribution in [0.15, 0.2) is 61.1 Å². The van der Waals surface area contributed by atoms with E-state index in [0.29, 0.717) is 18.9 Å². The number of benzene rings is 2. The Morgan fingerprint density at radius 2 is 1.89 bits per heavy atom. The Morgan fingerprint density at radius 3 is 2.59 bits per heavy atom. The molecule has 4 heterocycles. The Bertz CT molecular complexity index is 1830. The molecule has 10 heteroatoms. The Balaban J connectivity index is 1.39. The largest absolute Gasteiger partial charge is 0.497 e. The van der Waals surface area contributed by atoms with E-state index in [4.69, 9.17) is 24.3 Å². The van der Waals surface area contributed by atoms with Gasteiger partial charge in [0.15, 0.2) is 12.1 Å². The van der Waals surface area contributed by atoms with Crippen LogP contribution in [0.1, 0.15) is 64.3 Å². The van der Waals surface area contributed by atoms with Crippen LogP contribution in [0.3, 0.4) is 0 Å². The van der Waals surface area contributed by atoms with Crippen molar-refractivity contribution in [3.63, 3.8) is 0 Å². The van der Waals surface area contributed by atoms with Crippen molar-refractivity contribution in [1.82, 2.24) is 29.6 Å². The Kier molecular flexibility index (Phi) is 8.82. The number of carbonyl (C=O) groups is 1. The minimum absolute atomic E-state index is 0.133. The molecule has 1 N–H and O–H groups in total. The van der Waals surface area contributed by atoms with Crippen LogP contribution in [-0.4, -0.2) is 61.6 Å². The maximum Gasteiger partial charge on any atom is 0.410 e. The molecule has 1 aliphatic heterocycles. The maximum atomic E-state index is 12.9. The van der Waals surface area contributed by atoms with Crippen molar-refractivity contribution < 1.29 is 19.0 Å². The van der Waals surface area contributed by atoms with E-state index in [0.717, 1.165) is 81.7 Å². The van der Waals surface area contributed by atoms with E-state index in [2.05, 4.69) is 35.1 Å². The van der Waals surface area contributed by atoms with Gasteiger partial charge < -0.3 is 24.1 Å². The lowest BCUT2D eigenvalue weighted by Gasteiger charge is -2.27. The number of nitrogens with zero attached hydrogens (tertiary/aromatic N) is 5. The second-order valence-electron chi connectivity index (χ2n) is 12.7. The molecule has 3 aromatic heterocycles. The topological polar surface area (TPSA) is 107 Å². The standard InChI is InChI=1S/C36H42N6O4/c1-7-41(35(43)46-36(3,4)5)22-26-19-37-20-29(23(26)2)25-13-16-31-28(18-25)33(40-42(31)32-10-8-9-17-45-32)34-38-21-30(39-34)24-11-14-27(44-6)15-12-24/h11-16,18-21,32H,7-10,17,22H2,1-6H3,(H,38,39). The molecule has 1 atom stereocenters. The second-order valence-corrected chi connectivity index (χ2v) is 12.7. The molecule has 0 aliphatic carbocycles. The van der Waals surface area contributed by atoms with E-state index in [-0.39, 0.29) is 12.3 Å². The zero-order chi connectivity index (χ0) is 32.4. The molecular formula is C36H42N6O4. The SMILES string of the molecule is CCN(Cc1cncc(-c2ccc3c(c2)c(-c2nc(-c4ccc(OC)cc4)c[nH]2)nn3C2CCCCO2)c1C)C(=O)OC(C)(C)C. The van der Waals surface area contributed by atoms with E-state index in [1.54, 1.807) is 12.0 Å². The van der Waals surface area contributed by atoms with Crippen molar-refractivity contribution in [2.75, 3.05) is 20.3 Å². The Hall–Kier alpha value is -4.70. The number of aromatic amines is 1. The number of pyridine rings is 1. The van der Waals surface area contributed by atoms with Crippen molar-refractivity contribution in [2.24, 2.45) is 0 Å². The van der Waals surface area contributed by atoms with Gasteiger partial charge in [-0.05, 0) is 107 Å². The molecule has 5 aromatic rings. The van der Waals surface area contributed by atoms with E-state index in [9.17, 15) is 4.79 Å². The molecule has 0 bridgehead atoms. The van der Waals surface area contributed by atoms with Crippen LogP contribution in [-0.2, 0) is 16.0 Å². The first-order valence-corrected chi connectivity index (χ1v) is 15.9. The summed E-state index contributed by atoms with van der Waals surface area (Å²) in [5.74, 6) is 1.48. The quantitative estimate of drug-likeness (QED) is 0.187. The highest BCUT2D eigenvalue weighted by molar-refractivity contribution is 5.95. The predicted octanol–water partition coefficient (Wildman–Crippen LogP) is 7.93. The summed E-state index contributed by atoms with van der Waals surface area (Å²) in [7, 11) is 1.66. The summed E-state index contributed by atoms with van der Waals surface area (Å²) in [4.78, 5) is 27.5. The number of aromatic nitrogens is 5. The first-order chi connectivity index (χ1) is 22.1. The maximum absolute atomic E-state index is 12.9. The first-order valence-electron chi connectivity index (χ1n) is 15.9. The third kappa shape index (κ3) is 6.48. The summed E-state index contributed by atoms with van der Waals surface area (Å²) >= 11 is 0. The molecule has 1 amide bonds. The van der Waals surface area contributed by atoms with Gasteiger partial charge in [0.2, 0.25) is 0 Å². The average molecular weight is 623 g/mol. The number of hydrogen-bond donors (Lipinski definition) is 1. The van der Waals surface area contributed by atoms with Crippen LogP contribution in [0.5, 0.6) is 5.75 Å². The molecule has 2 aromatic carbocycles. The molecule has 6 rings (SSSR count). The molecule has 240 valence electrons. The number of H-pyrrole nitrogens is 1. The minimum Gasteiger partial charge on any atom is -0.497 e. The summed E-state index contributed by atoms with van der Waals surface area (Å²) in [6.07, 6.45) is 8.21. The molecule has 46 heavy (non-hydrogen) atoms. The van der Waals surface area contributed by atoms with Gasteiger partial charge >= 0.3 is 6.09 Å². The van der Waals surface area contributed by atoms with Gasteiger partial charge in [-0.25, -0.2) is 14.5 Å². The number of amides is 1. The number of ether oxygens (including phenoxy) is 3. The zero-order valence-corrected chi connectivity index (χ0v) is 27.5. The van der Waals surface area contributed by atoms with Gasteiger partial charge in [0.05, 0.1) is 24.9 Å². The van der Waals surface area contributed by atoms with Gasteiger partial charge in [0.25, 0.3) is 0 Å². The zero-order valence-electron chi connectivity index (χ0n) is 27.5. The molecule has 0 radical (unpaired) electrons.